The van der Waals surface area contributed by atoms with E-state index in [9.17, 15) is 4.79 Å². The van der Waals surface area contributed by atoms with Gasteiger partial charge in [0.25, 0.3) is 0 Å². The normalized spacial score (nSPS) is 16.2. The molecule has 25 heavy (non-hydrogen) atoms. The zero-order chi connectivity index (χ0) is 17.2. The van der Waals surface area contributed by atoms with Gasteiger partial charge in [-0.05, 0) is 42.2 Å². The molecule has 0 spiro atoms. The number of hydrogen-bond acceptors (Lipinski definition) is 3. The van der Waals surface area contributed by atoms with E-state index in [4.69, 9.17) is 0 Å². The van der Waals surface area contributed by atoms with E-state index >= 15 is 0 Å². The van der Waals surface area contributed by atoms with Crippen molar-refractivity contribution in [1.82, 2.24) is 16.0 Å². The van der Waals surface area contributed by atoms with Gasteiger partial charge in [-0.25, -0.2) is 0 Å². The van der Waals surface area contributed by atoms with Gasteiger partial charge in [-0.15, -0.1) is 24.0 Å². The van der Waals surface area contributed by atoms with Crippen LogP contribution in [0.2, 0.25) is 0 Å². The van der Waals surface area contributed by atoms with Gasteiger partial charge in [0, 0.05) is 38.0 Å². The van der Waals surface area contributed by atoms with E-state index < -0.39 is 0 Å². The summed E-state index contributed by atoms with van der Waals surface area (Å²) in [5.74, 6) is 1.32. The molecule has 1 unspecified atom stereocenters. The maximum atomic E-state index is 11.9. The van der Waals surface area contributed by atoms with Gasteiger partial charge in [-0.3, -0.25) is 9.79 Å². The van der Waals surface area contributed by atoms with Crippen LogP contribution in [0.15, 0.2) is 21.8 Å². The van der Waals surface area contributed by atoms with Crippen LogP contribution in [0.3, 0.4) is 0 Å². The van der Waals surface area contributed by atoms with Gasteiger partial charge in [-0.1, -0.05) is 19.8 Å². The third-order valence-corrected chi connectivity index (χ3v) is 5.05. The van der Waals surface area contributed by atoms with Gasteiger partial charge in [0.1, 0.15) is 0 Å². The molecule has 1 aromatic rings. The summed E-state index contributed by atoms with van der Waals surface area (Å²) in [6.45, 7) is 6.39. The minimum absolute atomic E-state index is 0. The average Bonchev–Trinajstić information content (AvgIpc) is 3.25. The van der Waals surface area contributed by atoms with Crippen LogP contribution in [0.25, 0.3) is 0 Å². The average molecular weight is 478 g/mol. The number of rotatable bonds is 8. The van der Waals surface area contributed by atoms with Crippen molar-refractivity contribution in [1.29, 1.82) is 0 Å². The molecule has 5 nitrogen and oxygen atoms in total. The van der Waals surface area contributed by atoms with Crippen LogP contribution < -0.4 is 16.0 Å². The van der Waals surface area contributed by atoms with Crippen molar-refractivity contribution < 1.29 is 4.79 Å². The first-order chi connectivity index (χ1) is 11.7. The smallest absolute Gasteiger partial charge is 0.221 e. The van der Waals surface area contributed by atoms with Gasteiger partial charge in [-0.2, -0.15) is 11.3 Å². The lowest BCUT2D eigenvalue weighted by Gasteiger charge is -2.14. The second-order valence-electron chi connectivity index (χ2n) is 6.40. The van der Waals surface area contributed by atoms with Crippen LogP contribution in [-0.2, 0) is 4.79 Å². The Morgan fingerprint density at radius 1 is 1.36 bits per heavy atom. The van der Waals surface area contributed by atoms with Crippen molar-refractivity contribution >= 4 is 47.2 Å². The highest BCUT2D eigenvalue weighted by Gasteiger charge is 2.16. The molecule has 2 rings (SSSR count). The van der Waals surface area contributed by atoms with Gasteiger partial charge >= 0.3 is 0 Å². The van der Waals surface area contributed by atoms with Crippen LogP contribution in [0, 0.1) is 0 Å². The molecule has 1 saturated carbocycles. The summed E-state index contributed by atoms with van der Waals surface area (Å²) in [7, 11) is 0. The zero-order valence-corrected chi connectivity index (χ0v) is 18.4. The quantitative estimate of drug-likeness (QED) is 0.305. The van der Waals surface area contributed by atoms with Crippen LogP contribution in [-0.4, -0.2) is 37.5 Å². The lowest BCUT2D eigenvalue weighted by molar-refractivity contribution is -0.121. The minimum Gasteiger partial charge on any atom is -0.357 e. The van der Waals surface area contributed by atoms with Crippen molar-refractivity contribution in [2.75, 3.05) is 19.6 Å². The van der Waals surface area contributed by atoms with Gasteiger partial charge in [0.05, 0.1) is 0 Å². The summed E-state index contributed by atoms with van der Waals surface area (Å²) in [5.41, 5.74) is 1.33. The topological polar surface area (TPSA) is 65.5 Å². The number of carbonyl (C=O) groups is 1. The second-order valence-corrected chi connectivity index (χ2v) is 7.18. The van der Waals surface area contributed by atoms with E-state index in [-0.39, 0.29) is 29.9 Å². The zero-order valence-electron chi connectivity index (χ0n) is 15.2. The molecule has 142 valence electrons. The Morgan fingerprint density at radius 2 is 2.12 bits per heavy atom. The second kappa shape index (κ2) is 12.5. The van der Waals surface area contributed by atoms with Crippen LogP contribution in [0.1, 0.15) is 57.4 Å². The summed E-state index contributed by atoms with van der Waals surface area (Å²) >= 11 is 1.72. The van der Waals surface area contributed by atoms with E-state index in [0.717, 1.165) is 31.9 Å². The highest BCUT2D eigenvalue weighted by Crippen LogP contribution is 2.18. The van der Waals surface area contributed by atoms with Crippen molar-refractivity contribution in [2.45, 2.75) is 57.9 Å². The Kier molecular flexibility index (Phi) is 11.1. The third kappa shape index (κ3) is 8.40. The molecule has 1 amide bonds. The molecule has 1 aliphatic rings. The minimum atomic E-state index is 0. The lowest BCUT2D eigenvalue weighted by atomic mass is 10.1. The summed E-state index contributed by atoms with van der Waals surface area (Å²) in [6.07, 6.45) is 5.22. The number of halogens is 1. The van der Waals surface area contributed by atoms with Crippen molar-refractivity contribution in [3.05, 3.63) is 22.4 Å². The monoisotopic (exact) mass is 478 g/mol. The molecule has 1 aromatic heterocycles. The SMILES string of the molecule is CCNC(=NCC(C)c1ccsc1)NCCC(=O)NC1CCCC1.I. The highest BCUT2D eigenvalue weighted by atomic mass is 127. The van der Waals surface area contributed by atoms with E-state index in [1.165, 1.54) is 18.4 Å². The summed E-state index contributed by atoms with van der Waals surface area (Å²) in [5, 5.41) is 13.9. The van der Waals surface area contributed by atoms with Crippen LogP contribution in [0.5, 0.6) is 0 Å². The predicted octanol–water partition coefficient (Wildman–Crippen LogP) is 3.47. The van der Waals surface area contributed by atoms with E-state index in [1.807, 2.05) is 6.92 Å². The van der Waals surface area contributed by atoms with Gasteiger partial charge in [0.15, 0.2) is 5.96 Å². The number of hydrogen-bond donors (Lipinski definition) is 3. The molecule has 0 saturated heterocycles. The largest absolute Gasteiger partial charge is 0.357 e. The fourth-order valence-electron chi connectivity index (χ4n) is 2.90. The Balaban J connectivity index is 0.00000312. The number of carbonyl (C=O) groups excluding carboxylic acids is 1. The third-order valence-electron chi connectivity index (χ3n) is 4.34. The van der Waals surface area contributed by atoms with Crippen molar-refractivity contribution in [3.8, 4) is 0 Å². The van der Waals surface area contributed by atoms with Crippen LogP contribution >= 0.6 is 35.3 Å². The fraction of sp³-hybridized carbons (Fsp3) is 0.667. The first kappa shape index (κ1) is 22.2. The maximum Gasteiger partial charge on any atom is 0.221 e. The molecule has 0 aliphatic heterocycles. The molecular formula is C18H31IN4OS. The summed E-state index contributed by atoms with van der Waals surface area (Å²) < 4.78 is 0. The number of amides is 1. The Hall–Kier alpha value is -0.830. The number of nitrogens with one attached hydrogen (secondary N) is 3. The molecule has 3 N–H and O–H groups in total. The van der Waals surface area contributed by atoms with E-state index in [1.54, 1.807) is 11.3 Å². The highest BCUT2D eigenvalue weighted by molar-refractivity contribution is 14.0. The Labute approximate surface area is 172 Å². The molecule has 1 heterocycles. The van der Waals surface area contributed by atoms with E-state index in [2.05, 4.69) is 44.7 Å². The van der Waals surface area contributed by atoms with E-state index in [0.29, 0.717) is 24.9 Å². The summed E-state index contributed by atoms with van der Waals surface area (Å²) in [4.78, 5) is 16.6. The number of guanidine groups is 1. The standard InChI is InChI=1S/C18H30N4OS.HI/c1-3-19-18(21-12-14(2)15-9-11-24-13-15)20-10-8-17(23)22-16-6-4-5-7-16;/h9,11,13-14,16H,3-8,10,12H2,1-2H3,(H,22,23)(H2,19,20,21);1H. The lowest BCUT2D eigenvalue weighted by Crippen LogP contribution is -2.40. The molecule has 0 bridgehead atoms. The molecule has 0 aromatic carbocycles. The summed E-state index contributed by atoms with van der Waals surface area (Å²) in [6, 6.07) is 2.55. The fourth-order valence-corrected chi connectivity index (χ4v) is 3.68. The number of nitrogens with zero attached hydrogens (tertiary/aromatic N) is 1. The number of aliphatic imine (C=N–C) groups is 1. The molecule has 0 radical (unpaired) electrons. The first-order valence-electron chi connectivity index (χ1n) is 9.02. The predicted molar refractivity (Wildman–Crippen MR) is 117 cm³/mol. The Bertz CT molecular complexity index is 515. The van der Waals surface area contributed by atoms with Gasteiger partial charge < -0.3 is 16.0 Å². The maximum absolute atomic E-state index is 11.9. The first-order valence-corrected chi connectivity index (χ1v) is 9.97. The molecular weight excluding hydrogens is 447 g/mol. The van der Waals surface area contributed by atoms with Crippen LogP contribution in [0.4, 0.5) is 0 Å². The Morgan fingerprint density at radius 3 is 2.76 bits per heavy atom. The molecule has 1 atom stereocenters. The molecule has 1 aliphatic carbocycles. The van der Waals surface area contributed by atoms with Crippen molar-refractivity contribution in [2.24, 2.45) is 4.99 Å². The molecule has 7 heteroatoms. The molecule has 1 fully saturated rings. The number of thiophene rings is 1. The van der Waals surface area contributed by atoms with Crippen molar-refractivity contribution in [3.63, 3.8) is 0 Å². The van der Waals surface area contributed by atoms with Gasteiger partial charge in [0.2, 0.25) is 5.91 Å².